The van der Waals surface area contributed by atoms with Crippen LogP contribution in [0.5, 0.6) is 0 Å². The fraction of sp³-hybridized carbons (Fsp3) is 0.176. The largest absolute Gasteiger partial charge is 0.398 e. The Morgan fingerprint density at radius 1 is 1.05 bits per heavy atom. The molecule has 0 radical (unpaired) electrons. The van der Waals surface area contributed by atoms with Crippen LogP contribution in [-0.2, 0) is 17.6 Å². The Kier molecular flexibility index (Phi) is 4.48. The molecule has 0 aliphatic carbocycles. The maximum atomic E-state index is 13.2. The number of hydrogen-bond donors (Lipinski definition) is 1. The van der Waals surface area contributed by atoms with E-state index >= 15 is 0 Å². The van der Waals surface area contributed by atoms with Crippen molar-refractivity contribution < 1.29 is 14.0 Å². The Labute approximate surface area is 122 Å². The molecule has 2 aromatic rings. The topological polar surface area (TPSA) is 60.2 Å². The van der Waals surface area contributed by atoms with Crippen LogP contribution in [-0.4, -0.2) is 11.6 Å². The lowest BCUT2D eigenvalue weighted by Crippen LogP contribution is -2.06. The summed E-state index contributed by atoms with van der Waals surface area (Å²) in [7, 11) is 0. The molecule has 0 aromatic heterocycles. The molecule has 2 rings (SSSR count). The first-order valence-electron chi connectivity index (χ1n) is 6.61. The molecule has 108 valence electrons. The number of rotatable bonds is 5. The van der Waals surface area contributed by atoms with Gasteiger partial charge in [0.15, 0.2) is 5.78 Å². The zero-order valence-electron chi connectivity index (χ0n) is 11.7. The van der Waals surface area contributed by atoms with Gasteiger partial charge in [0.25, 0.3) is 0 Å². The molecule has 2 N–H and O–H groups in total. The van der Waals surface area contributed by atoms with E-state index < -0.39 is 5.82 Å². The number of hydrogen-bond acceptors (Lipinski definition) is 3. The van der Waals surface area contributed by atoms with E-state index in [0.717, 1.165) is 5.56 Å². The highest BCUT2D eigenvalue weighted by molar-refractivity contribution is 5.98. The summed E-state index contributed by atoms with van der Waals surface area (Å²) < 4.78 is 13.2. The predicted octanol–water partition coefficient (Wildman–Crippen LogP) is 2.96. The average Bonchev–Trinajstić information content (AvgIpc) is 2.43. The van der Waals surface area contributed by atoms with Gasteiger partial charge in [-0.25, -0.2) is 4.39 Å². The Balaban J connectivity index is 2.13. The molecule has 2 aromatic carbocycles. The Morgan fingerprint density at radius 3 is 2.33 bits per heavy atom. The minimum atomic E-state index is -0.413. The van der Waals surface area contributed by atoms with Gasteiger partial charge >= 0.3 is 0 Å². The number of carbonyl (C=O) groups excluding carboxylic acids is 2. The second-order valence-electron chi connectivity index (χ2n) is 5.02. The van der Waals surface area contributed by atoms with Gasteiger partial charge in [0, 0.05) is 24.1 Å². The van der Waals surface area contributed by atoms with Crippen LogP contribution in [0.4, 0.5) is 10.1 Å². The molecule has 0 saturated heterocycles. The predicted molar refractivity (Wildman–Crippen MR) is 79.7 cm³/mol. The van der Waals surface area contributed by atoms with Crippen molar-refractivity contribution >= 4 is 17.3 Å². The number of ketones is 2. The average molecular weight is 285 g/mol. The molecule has 4 heteroatoms. The maximum absolute atomic E-state index is 13.2. The summed E-state index contributed by atoms with van der Waals surface area (Å²) in [5.74, 6) is -0.480. The number of nitrogens with two attached hydrogens (primary N) is 1. The first kappa shape index (κ1) is 14.9. The molecule has 0 heterocycles. The Morgan fingerprint density at radius 2 is 1.71 bits per heavy atom. The van der Waals surface area contributed by atoms with Crippen LogP contribution < -0.4 is 5.73 Å². The van der Waals surface area contributed by atoms with Gasteiger partial charge in [0.2, 0.25) is 0 Å². The zero-order chi connectivity index (χ0) is 15.4. The van der Waals surface area contributed by atoms with Crippen molar-refractivity contribution in [1.82, 2.24) is 0 Å². The van der Waals surface area contributed by atoms with Crippen LogP contribution in [0.25, 0.3) is 0 Å². The van der Waals surface area contributed by atoms with Crippen molar-refractivity contribution in [3.8, 4) is 0 Å². The highest BCUT2D eigenvalue weighted by Gasteiger charge is 2.10. The summed E-state index contributed by atoms with van der Waals surface area (Å²) in [6, 6.07) is 10.9. The van der Waals surface area contributed by atoms with Gasteiger partial charge < -0.3 is 5.73 Å². The summed E-state index contributed by atoms with van der Waals surface area (Å²) in [5, 5.41) is 0. The fourth-order valence-corrected chi connectivity index (χ4v) is 2.10. The minimum absolute atomic E-state index is 0.0512. The van der Waals surface area contributed by atoms with Gasteiger partial charge in [-0.3, -0.25) is 9.59 Å². The number of anilines is 1. The van der Waals surface area contributed by atoms with E-state index in [1.165, 1.54) is 25.1 Å². The third-order valence-electron chi connectivity index (χ3n) is 3.19. The van der Waals surface area contributed by atoms with Gasteiger partial charge in [0.05, 0.1) is 0 Å². The van der Waals surface area contributed by atoms with Crippen LogP contribution in [0.3, 0.4) is 0 Å². The van der Waals surface area contributed by atoms with Crippen LogP contribution in [0.1, 0.15) is 28.4 Å². The van der Waals surface area contributed by atoms with Crippen molar-refractivity contribution in [1.29, 1.82) is 0 Å². The molecule has 0 aliphatic heterocycles. The normalized spacial score (nSPS) is 10.4. The third-order valence-corrected chi connectivity index (χ3v) is 3.19. The highest BCUT2D eigenvalue weighted by atomic mass is 19.1. The van der Waals surface area contributed by atoms with E-state index in [9.17, 15) is 14.0 Å². The summed E-state index contributed by atoms with van der Waals surface area (Å²) in [6.07, 6.45) is 0.404. The summed E-state index contributed by atoms with van der Waals surface area (Å²) >= 11 is 0. The molecular weight excluding hydrogens is 269 g/mol. The number of Topliss-reactive ketones (excluding diaryl/α,β-unsaturated/α-hetero) is 2. The quantitative estimate of drug-likeness (QED) is 0.678. The molecule has 3 nitrogen and oxygen atoms in total. The van der Waals surface area contributed by atoms with Crippen LogP contribution >= 0.6 is 0 Å². The number of benzene rings is 2. The van der Waals surface area contributed by atoms with Crippen molar-refractivity contribution in [2.75, 3.05) is 5.73 Å². The highest BCUT2D eigenvalue weighted by Crippen LogP contribution is 2.16. The SMILES string of the molecule is CC(=O)Cc1ccc(C(=O)Cc2cc(F)ccc2N)cc1. The lowest BCUT2D eigenvalue weighted by Gasteiger charge is -2.06. The molecule has 0 amide bonds. The maximum Gasteiger partial charge on any atom is 0.167 e. The van der Waals surface area contributed by atoms with Gasteiger partial charge in [-0.2, -0.15) is 0 Å². The molecule has 0 bridgehead atoms. The van der Waals surface area contributed by atoms with E-state index in [2.05, 4.69) is 0 Å². The van der Waals surface area contributed by atoms with E-state index in [-0.39, 0.29) is 18.0 Å². The van der Waals surface area contributed by atoms with Gasteiger partial charge in [-0.1, -0.05) is 24.3 Å². The molecule has 0 spiro atoms. The number of nitrogen functional groups attached to an aromatic ring is 1. The van der Waals surface area contributed by atoms with Crippen LogP contribution in [0.2, 0.25) is 0 Å². The first-order valence-corrected chi connectivity index (χ1v) is 6.61. The lowest BCUT2D eigenvalue weighted by molar-refractivity contribution is -0.116. The molecular formula is C17H16FNO2. The van der Waals surface area contributed by atoms with E-state index in [1.807, 2.05) is 0 Å². The minimum Gasteiger partial charge on any atom is -0.398 e. The Bertz CT molecular complexity index is 678. The monoisotopic (exact) mass is 285 g/mol. The van der Waals surface area contributed by atoms with E-state index in [0.29, 0.717) is 23.2 Å². The van der Waals surface area contributed by atoms with E-state index in [4.69, 9.17) is 5.73 Å². The van der Waals surface area contributed by atoms with Crippen LogP contribution in [0.15, 0.2) is 42.5 Å². The third kappa shape index (κ3) is 3.99. The standard InChI is InChI=1S/C17H16FNO2/c1-11(20)8-12-2-4-13(5-3-12)17(21)10-14-9-15(18)6-7-16(14)19/h2-7,9H,8,10,19H2,1H3. The number of halogens is 1. The van der Waals surface area contributed by atoms with E-state index in [1.54, 1.807) is 24.3 Å². The molecule has 0 unspecified atom stereocenters. The van der Waals surface area contributed by atoms with Crippen molar-refractivity contribution in [2.24, 2.45) is 0 Å². The molecule has 21 heavy (non-hydrogen) atoms. The Hall–Kier alpha value is -2.49. The number of carbonyl (C=O) groups is 2. The van der Waals surface area contributed by atoms with Gasteiger partial charge in [-0.05, 0) is 36.2 Å². The second-order valence-corrected chi connectivity index (χ2v) is 5.02. The van der Waals surface area contributed by atoms with Crippen molar-refractivity contribution in [3.63, 3.8) is 0 Å². The summed E-state index contributed by atoms with van der Waals surface area (Å²) in [6.45, 7) is 1.52. The second kappa shape index (κ2) is 6.31. The van der Waals surface area contributed by atoms with Crippen molar-refractivity contribution in [3.05, 3.63) is 65.0 Å². The summed E-state index contributed by atoms with van der Waals surface area (Å²) in [5.41, 5.74) is 8.00. The molecule has 0 aliphatic rings. The van der Waals surface area contributed by atoms with Crippen molar-refractivity contribution in [2.45, 2.75) is 19.8 Å². The first-order chi connectivity index (χ1) is 9.95. The lowest BCUT2D eigenvalue weighted by atomic mass is 10.00. The molecule has 0 atom stereocenters. The van der Waals surface area contributed by atoms with Crippen LogP contribution in [0, 0.1) is 5.82 Å². The zero-order valence-corrected chi connectivity index (χ0v) is 11.7. The molecule has 0 fully saturated rings. The van der Waals surface area contributed by atoms with Gasteiger partial charge in [0.1, 0.15) is 11.6 Å². The smallest absolute Gasteiger partial charge is 0.167 e. The fourth-order valence-electron chi connectivity index (χ4n) is 2.10. The van der Waals surface area contributed by atoms with Gasteiger partial charge in [-0.15, -0.1) is 0 Å². The molecule has 0 saturated carbocycles. The summed E-state index contributed by atoms with van der Waals surface area (Å²) in [4.78, 5) is 23.2.